The first-order valence-corrected chi connectivity index (χ1v) is 7.98. The molecule has 1 aromatic carbocycles. The van der Waals surface area contributed by atoms with Gasteiger partial charge in [0.15, 0.2) is 0 Å². The Morgan fingerprint density at radius 3 is 2.25 bits per heavy atom. The van der Waals surface area contributed by atoms with Crippen LogP contribution in [-0.4, -0.2) is 49.3 Å². The van der Waals surface area contributed by atoms with Gasteiger partial charge in [0.05, 0.1) is 5.25 Å². The van der Waals surface area contributed by atoms with Gasteiger partial charge in [0.25, 0.3) is 0 Å². The topological polar surface area (TPSA) is 75.3 Å². The molecule has 2 amide bonds. The fraction of sp³-hybridized carbons (Fsp3) is 0.417. The van der Waals surface area contributed by atoms with E-state index in [-0.39, 0.29) is 29.6 Å². The first kappa shape index (κ1) is 17.8. The van der Waals surface area contributed by atoms with E-state index < -0.39 is 21.3 Å². The van der Waals surface area contributed by atoms with Crippen LogP contribution in [0.2, 0.25) is 5.02 Å². The van der Waals surface area contributed by atoms with E-state index in [1.807, 2.05) is 0 Å². The number of carbonyl (C=O) groups is 1. The van der Waals surface area contributed by atoms with E-state index in [1.165, 1.54) is 0 Å². The number of hydrogen-bond acceptors (Lipinski definition) is 3. The average Bonchev–Trinajstić information content (AvgIpc) is 2.85. The molecule has 106 valence electrons. The predicted octanol–water partition coefficient (Wildman–Crippen LogP) is 2.09. The van der Waals surface area contributed by atoms with Gasteiger partial charge in [-0.3, -0.25) is 0 Å². The van der Waals surface area contributed by atoms with Gasteiger partial charge < -0.3 is 5.32 Å². The molecule has 0 aliphatic heterocycles. The van der Waals surface area contributed by atoms with E-state index >= 15 is 0 Å². The number of amides is 2. The summed E-state index contributed by atoms with van der Waals surface area (Å²) >= 11 is 5.72. The van der Waals surface area contributed by atoms with Crippen molar-refractivity contribution in [3.63, 3.8) is 0 Å². The zero-order valence-corrected chi connectivity index (χ0v) is 11.8. The predicted molar refractivity (Wildman–Crippen MR) is 81.9 cm³/mol. The van der Waals surface area contributed by atoms with E-state index in [0.717, 1.165) is 12.8 Å². The third kappa shape index (κ3) is 4.93. The second kappa shape index (κ2) is 7.66. The molecule has 0 unspecified atom stereocenters. The monoisotopic (exact) mass is 326 g/mol. The summed E-state index contributed by atoms with van der Waals surface area (Å²) in [4.78, 5) is 11.6. The molecule has 2 rings (SSSR count). The number of hydrogen-bond donors (Lipinski definition) is 2. The minimum absolute atomic E-state index is 0. The van der Waals surface area contributed by atoms with Crippen LogP contribution in [0.1, 0.15) is 25.7 Å². The molecule has 8 heteroatoms. The second-order valence-electron chi connectivity index (χ2n) is 4.51. The van der Waals surface area contributed by atoms with Crippen LogP contribution in [0, 0.1) is 0 Å². The number of anilines is 1. The Labute approximate surface area is 145 Å². The van der Waals surface area contributed by atoms with Gasteiger partial charge in [-0.15, -0.1) is 0 Å². The maximum atomic E-state index is 11.9. The van der Waals surface area contributed by atoms with Crippen LogP contribution in [0.25, 0.3) is 0 Å². The SMILES string of the molecule is O=C(Nc1ccc(Cl)cc1)NS(=O)(=O)C1CCCC1.[NaH]. The van der Waals surface area contributed by atoms with Gasteiger partial charge in [0.1, 0.15) is 0 Å². The number of sulfonamides is 1. The van der Waals surface area contributed by atoms with Crippen LogP contribution in [0.4, 0.5) is 10.5 Å². The quantitative estimate of drug-likeness (QED) is 0.835. The fourth-order valence-corrected chi connectivity index (χ4v) is 3.66. The Morgan fingerprint density at radius 2 is 1.70 bits per heavy atom. The standard InChI is InChI=1S/C12H15ClN2O3S.Na.H/c13-9-5-7-10(8-6-9)14-12(16)15-19(17,18)11-3-1-2-4-11;;/h5-8,11H,1-4H2,(H2,14,15,16);;. The van der Waals surface area contributed by atoms with E-state index in [9.17, 15) is 13.2 Å². The molecule has 1 saturated carbocycles. The molecule has 1 fully saturated rings. The summed E-state index contributed by atoms with van der Waals surface area (Å²) in [7, 11) is -3.58. The van der Waals surface area contributed by atoms with Crippen LogP contribution in [-0.2, 0) is 10.0 Å². The molecule has 0 aromatic heterocycles. The molecule has 0 heterocycles. The zero-order valence-electron chi connectivity index (χ0n) is 10.2. The van der Waals surface area contributed by atoms with Crippen molar-refractivity contribution in [1.82, 2.24) is 4.72 Å². The Morgan fingerprint density at radius 1 is 1.15 bits per heavy atom. The normalized spacial score (nSPS) is 15.4. The molecular formula is C12H16ClN2NaO3S. The van der Waals surface area contributed by atoms with E-state index in [1.54, 1.807) is 24.3 Å². The first-order valence-electron chi connectivity index (χ1n) is 6.05. The molecule has 0 saturated heterocycles. The summed E-state index contributed by atoms with van der Waals surface area (Å²) in [5, 5.41) is 2.55. The fourth-order valence-electron chi connectivity index (χ4n) is 2.10. The summed E-state index contributed by atoms with van der Waals surface area (Å²) < 4.78 is 25.8. The summed E-state index contributed by atoms with van der Waals surface area (Å²) in [6.45, 7) is 0. The number of nitrogens with one attached hydrogen (secondary N) is 2. The molecule has 5 nitrogen and oxygen atoms in total. The maximum absolute atomic E-state index is 11.9. The van der Waals surface area contributed by atoms with E-state index in [4.69, 9.17) is 11.6 Å². The minimum atomic E-state index is -3.58. The number of carbonyl (C=O) groups excluding carboxylic acids is 1. The van der Waals surface area contributed by atoms with E-state index in [0.29, 0.717) is 23.6 Å². The Balaban J connectivity index is 0.00000200. The van der Waals surface area contributed by atoms with Gasteiger partial charge in [-0.1, -0.05) is 24.4 Å². The van der Waals surface area contributed by atoms with Crippen LogP contribution >= 0.6 is 11.6 Å². The van der Waals surface area contributed by atoms with Crippen LogP contribution in [0.3, 0.4) is 0 Å². The van der Waals surface area contributed by atoms with Crippen LogP contribution in [0.15, 0.2) is 24.3 Å². The molecular weight excluding hydrogens is 311 g/mol. The van der Waals surface area contributed by atoms with Gasteiger partial charge in [-0.25, -0.2) is 17.9 Å². The summed E-state index contributed by atoms with van der Waals surface area (Å²) in [6.07, 6.45) is 3.02. The number of urea groups is 1. The summed E-state index contributed by atoms with van der Waals surface area (Å²) in [5.41, 5.74) is 0.489. The Hall–Kier alpha value is -0.270. The van der Waals surface area contributed by atoms with Crippen molar-refractivity contribution >= 4 is 62.9 Å². The van der Waals surface area contributed by atoms with Gasteiger partial charge in [-0.05, 0) is 37.1 Å². The van der Waals surface area contributed by atoms with Crippen molar-refractivity contribution in [2.24, 2.45) is 0 Å². The van der Waals surface area contributed by atoms with Crippen molar-refractivity contribution in [3.8, 4) is 0 Å². The zero-order chi connectivity index (χ0) is 13.9. The molecule has 0 atom stereocenters. The third-order valence-electron chi connectivity index (χ3n) is 3.08. The van der Waals surface area contributed by atoms with Crippen molar-refractivity contribution < 1.29 is 13.2 Å². The Kier molecular flexibility index (Phi) is 6.81. The number of halogens is 1. The molecule has 20 heavy (non-hydrogen) atoms. The molecule has 1 aromatic rings. The molecule has 0 bridgehead atoms. The van der Waals surface area contributed by atoms with E-state index in [2.05, 4.69) is 10.0 Å². The molecule has 0 radical (unpaired) electrons. The second-order valence-corrected chi connectivity index (χ2v) is 6.91. The van der Waals surface area contributed by atoms with Crippen molar-refractivity contribution in [1.29, 1.82) is 0 Å². The van der Waals surface area contributed by atoms with Crippen LogP contribution < -0.4 is 10.0 Å². The Bertz CT molecular complexity index is 557. The summed E-state index contributed by atoms with van der Waals surface area (Å²) in [6, 6.07) is 5.69. The van der Waals surface area contributed by atoms with Gasteiger partial charge >= 0.3 is 35.6 Å². The molecule has 2 N–H and O–H groups in total. The van der Waals surface area contributed by atoms with Crippen molar-refractivity contribution in [2.75, 3.05) is 5.32 Å². The van der Waals surface area contributed by atoms with Gasteiger partial charge in [0.2, 0.25) is 10.0 Å². The van der Waals surface area contributed by atoms with Crippen LogP contribution in [0.5, 0.6) is 0 Å². The third-order valence-corrected chi connectivity index (χ3v) is 5.15. The van der Waals surface area contributed by atoms with Gasteiger partial charge in [0, 0.05) is 10.7 Å². The molecule has 0 spiro atoms. The molecule has 1 aliphatic carbocycles. The number of rotatable bonds is 3. The van der Waals surface area contributed by atoms with Gasteiger partial charge in [-0.2, -0.15) is 0 Å². The van der Waals surface area contributed by atoms with Crippen molar-refractivity contribution in [2.45, 2.75) is 30.9 Å². The van der Waals surface area contributed by atoms with Crippen molar-refractivity contribution in [3.05, 3.63) is 29.3 Å². The molecule has 1 aliphatic rings. The first-order chi connectivity index (χ1) is 8.97. The number of benzene rings is 1. The average molecular weight is 327 g/mol. The summed E-state index contributed by atoms with van der Waals surface area (Å²) in [5.74, 6) is 0.